The van der Waals surface area contributed by atoms with Crippen molar-refractivity contribution in [3.8, 4) is 0 Å². The van der Waals surface area contributed by atoms with Gasteiger partial charge in [-0.25, -0.2) is 0 Å². The molecule has 0 aromatic heterocycles. The first kappa shape index (κ1) is 17.5. The molecule has 2 fully saturated rings. The summed E-state index contributed by atoms with van der Waals surface area (Å²) in [5.41, 5.74) is 0.323. The number of halogens is 2. The number of nitrogens with one attached hydrogen (secondary N) is 1. The molecule has 0 atom stereocenters. The Morgan fingerprint density at radius 2 is 1.71 bits per heavy atom. The number of likely N-dealkylation sites (tertiary alicyclic amines) is 1. The smallest absolute Gasteiger partial charge is 0.233 e. The van der Waals surface area contributed by atoms with E-state index in [0.29, 0.717) is 54.9 Å². The molecular formula is C16H18Cl2N2O4. The van der Waals surface area contributed by atoms with Crippen LogP contribution in [0.5, 0.6) is 0 Å². The monoisotopic (exact) mass is 372 g/mol. The van der Waals surface area contributed by atoms with E-state index in [0.717, 1.165) is 0 Å². The maximum absolute atomic E-state index is 12.3. The fraction of sp³-hybridized carbons (Fsp3) is 0.500. The molecule has 0 aliphatic carbocycles. The van der Waals surface area contributed by atoms with Crippen LogP contribution >= 0.6 is 23.2 Å². The van der Waals surface area contributed by atoms with Gasteiger partial charge in [-0.2, -0.15) is 0 Å². The number of piperidine rings is 1. The molecular weight excluding hydrogens is 355 g/mol. The number of rotatable bonds is 3. The van der Waals surface area contributed by atoms with Crippen molar-refractivity contribution in [1.29, 1.82) is 0 Å². The van der Waals surface area contributed by atoms with Crippen LogP contribution < -0.4 is 5.32 Å². The van der Waals surface area contributed by atoms with Crippen LogP contribution in [-0.4, -0.2) is 48.8 Å². The Balaban J connectivity index is 1.52. The van der Waals surface area contributed by atoms with Crippen LogP contribution in [0.15, 0.2) is 18.2 Å². The Hall–Kier alpha value is -1.34. The van der Waals surface area contributed by atoms with Crippen molar-refractivity contribution in [3.05, 3.63) is 28.2 Å². The average Bonchev–Trinajstić information content (AvgIpc) is 3.00. The largest absolute Gasteiger partial charge is 0.347 e. The molecule has 24 heavy (non-hydrogen) atoms. The van der Waals surface area contributed by atoms with E-state index in [1.807, 2.05) is 0 Å². The van der Waals surface area contributed by atoms with Crippen molar-refractivity contribution in [2.75, 3.05) is 31.6 Å². The van der Waals surface area contributed by atoms with Crippen molar-refractivity contribution >= 4 is 40.7 Å². The van der Waals surface area contributed by atoms with E-state index in [1.165, 1.54) is 0 Å². The van der Waals surface area contributed by atoms with Crippen LogP contribution in [0.1, 0.15) is 19.3 Å². The van der Waals surface area contributed by atoms with Crippen LogP contribution in [0.4, 0.5) is 5.69 Å². The van der Waals surface area contributed by atoms with Gasteiger partial charge >= 0.3 is 0 Å². The molecule has 8 heteroatoms. The maximum Gasteiger partial charge on any atom is 0.233 e. The molecule has 2 aliphatic rings. The van der Waals surface area contributed by atoms with Gasteiger partial charge in [-0.15, -0.1) is 0 Å². The zero-order chi connectivity index (χ0) is 17.2. The summed E-state index contributed by atoms with van der Waals surface area (Å²) in [4.78, 5) is 26.0. The van der Waals surface area contributed by atoms with Crippen LogP contribution in [0.3, 0.4) is 0 Å². The minimum atomic E-state index is -0.538. The van der Waals surface area contributed by atoms with E-state index in [4.69, 9.17) is 32.7 Å². The summed E-state index contributed by atoms with van der Waals surface area (Å²) in [7, 11) is 0. The van der Waals surface area contributed by atoms with Crippen LogP contribution in [0, 0.1) is 0 Å². The van der Waals surface area contributed by atoms with Gasteiger partial charge in [0.2, 0.25) is 11.8 Å². The van der Waals surface area contributed by atoms with Gasteiger partial charge in [-0.1, -0.05) is 29.3 Å². The summed E-state index contributed by atoms with van der Waals surface area (Å²) in [5, 5.41) is 3.26. The highest BCUT2D eigenvalue weighted by molar-refractivity contribution is 6.39. The van der Waals surface area contributed by atoms with Gasteiger partial charge in [0.05, 0.1) is 28.9 Å². The quantitative estimate of drug-likeness (QED) is 0.828. The molecule has 6 nitrogen and oxygen atoms in total. The van der Waals surface area contributed by atoms with Crippen molar-refractivity contribution in [2.45, 2.75) is 25.0 Å². The minimum Gasteiger partial charge on any atom is -0.347 e. The maximum atomic E-state index is 12.3. The number of amides is 2. The third kappa shape index (κ3) is 3.83. The Morgan fingerprint density at radius 3 is 2.29 bits per heavy atom. The summed E-state index contributed by atoms with van der Waals surface area (Å²) in [6.07, 6.45) is 0.990. The molecule has 2 saturated heterocycles. The molecule has 3 rings (SSSR count). The number of anilines is 1. The molecule has 1 N–H and O–H groups in total. The number of para-hydroxylation sites is 1. The first-order chi connectivity index (χ1) is 11.5. The number of ether oxygens (including phenoxy) is 2. The molecule has 1 aromatic rings. The summed E-state index contributed by atoms with van der Waals surface area (Å²) in [6.45, 7) is 2.21. The number of hydrogen-bond acceptors (Lipinski definition) is 4. The summed E-state index contributed by atoms with van der Waals surface area (Å²) in [6, 6.07) is 4.93. The van der Waals surface area contributed by atoms with Gasteiger partial charge in [0, 0.05) is 25.9 Å². The van der Waals surface area contributed by atoms with E-state index in [9.17, 15) is 9.59 Å². The van der Waals surface area contributed by atoms with Crippen LogP contribution in [-0.2, 0) is 19.1 Å². The molecule has 0 radical (unpaired) electrons. The second-order valence-electron chi connectivity index (χ2n) is 5.81. The summed E-state index contributed by atoms with van der Waals surface area (Å²) >= 11 is 12.0. The fourth-order valence-corrected chi connectivity index (χ4v) is 3.42. The van der Waals surface area contributed by atoms with E-state index < -0.39 is 11.7 Å². The van der Waals surface area contributed by atoms with Gasteiger partial charge in [-0.05, 0) is 12.1 Å². The summed E-state index contributed by atoms with van der Waals surface area (Å²) in [5.74, 6) is -1.21. The van der Waals surface area contributed by atoms with Crippen molar-refractivity contribution in [1.82, 2.24) is 4.90 Å². The number of benzene rings is 1. The lowest BCUT2D eigenvalue weighted by atomic mass is 10.0. The van der Waals surface area contributed by atoms with Crippen molar-refractivity contribution < 1.29 is 19.1 Å². The van der Waals surface area contributed by atoms with Crippen LogP contribution in [0.25, 0.3) is 0 Å². The predicted octanol–water partition coefficient (Wildman–Crippen LogP) is 2.69. The normalized spacial score (nSPS) is 19.5. The van der Waals surface area contributed by atoms with Gasteiger partial charge in [0.1, 0.15) is 6.42 Å². The van der Waals surface area contributed by atoms with E-state index in [1.54, 1.807) is 23.1 Å². The molecule has 2 heterocycles. The molecule has 0 unspecified atom stereocenters. The van der Waals surface area contributed by atoms with E-state index >= 15 is 0 Å². The lowest BCUT2D eigenvalue weighted by molar-refractivity contribution is -0.187. The Morgan fingerprint density at radius 1 is 1.12 bits per heavy atom. The number of carbonyl (C=O) groups excluding carboxylic acids is 2. The van der Waals surface area contributed by atoms with E-state index in [-0.39, 0.29) is 12.3 Å². The Bertz CT molecular complexity index is 617. The lowest BCUT2D eigenvalue weighted by Gasteiger charge is -2.37. The predicted molar refractivity (Wildman–Crippen MR) is 90.2 cm³/mol. The molecule has 0 saturated carbocycles. The molecule has 2 aliphatic heterocycles. The standard InChI is InChI=1S/C16H18Cl2N2O4/c17-11-2-1-3-12(18)15(11)19-13(21)10-14(22)20-6-4-16(5-7-20)23-8-9-24-16/h1-3H,4-10H2,(H,19,21). The highest BCUT2D eigenvalue weighted by Crippen LogP contribution is 2.32. The zero-order valence-corrected chi connectivity index (χ0v) is 14.5. The zero-order valence-electron chi connectivity index (χ0n) is 13.0. The first-order valence-corrected chi connectivity index (χ1v) is 8.54. The topological polar surface area (TPSA) is 67.9 Å². The van der Waals surface area contributed by atoms with Gasteiger partial charge in [-0.3, -0.25) is 9.59 Å². The van der Waals surface area contributed by atoms with Crippen LogP contribution in [0.2, 0.25) is 10.0 Å². The second kappa shape index (κ2) is 7.27. The molecule has 2 amide bonds. The van der Waals surface area contributed by atoms with Gasteiger partial charge in [0.15, 0.2) is 5.79 Å². The first-order valence-electron chi connectivity index (χ1n) is 7.79. The van der Waals surface area contributed by atoms with Gasteiger partial charge in [0.25, 0.3) is 0 Å². The molecule has 130 valence electrons. The number of nitrogens with zero attached hydrogens (tertiary/aromatic N) is 1. The Labute approximate surface area is 150 Å². The molecule has 1 aromatic carbocycles. The van der Waals surface area contributed by atoms with Gasteiger partial charge < -0.3 is 19.7 Å². The highest BCUT2D eigenvalue weighted by Gasteiger charge is 2.40. The number of hydrogen-bond donors (Lipinski definition) is 1. The third-order valence-electron chi connectivity index (χ3n) is 4.23. The average molecular weight is 373 g/mol. The molecule has 0 bridgehead atoms. The SMILES string of the molecule is O=C(CC(=O)N1CCC2(CC1)OCCO2)Nc1c(Cl)cccc1Cl. The highest BCUT2D eigenvalue weighted by atomic mass is 35.5. The molecule has 1 spiro atoms. The fourth-order valence-electron chi connectivity index (χ4n) is 2.93. The summed E-state index contributed by atoms with van der Waals surface area (Å²) < 4.78 is 11.3. The lowest BCUT2D eigenvalue weighted by Crippen LogP contribution is -2.47. The van der Waals surface area contributed by atoms with Crippen molar-refractivity contribution in [3.63, 3.8) is 0 Å². The van der Waals surface area contributed by atoms with Crippen molar-refractivity contribution in [2.24, 2.45) is 0 Å². The second-order valence-corrected chi connectivity index (χ2v) is 6.62. The number of carbonyl (C=O) groups is 2. The van der Waals surface area contributed by atoms with E-state index in [2.05, 4.69) is 5.32 Å². The minimum absolute atomic E-state index is 0.233. The third-order valence-corrected chi connectivity index (χ3v) is 4.86. The Kier molecular flexibility index (Phi) is 5.30.